The molecule has 0 saturated carbocycles. The van der Waals surface area contributed by atoms with Gasteiger partial charge in [0.1, 0.15) is 6.10 Å². The summed E-state index contributed by atoms with van der Waals surface area (Å²) in [6, 6.07) is 7.93. The maximum absolute atomic E-state index is 11.4. The molecule has 3 rings (SSSR count). The summed E-state index contributed by atoms with van der Waals surface area (Å²) in [4.78, 5) is 11.4. The topological polar surface area (TPSA) is 46.5 Å². The molecular formula is C12H10O3. The van der Waals surface area contributed by atoms with Gasteiger partial charge in [-0.1, -0.05) is 24.3 Å². The fourth-order valence-corrected chi connectivity index (χ4v) is 2.46. The Morgan fingerprint density at radius 2 is 2.20 bits per heavy atom. The Kier molecular flexibility index (Phi) is 1.63. The second-order valence-electron chi connectivity index (χ2n) is 3.92. The van der Waals surface area contributed by atoms with E-state index in [1.165, 1.54) is 5.56 Å². The van der Waals surface area contributed by atoms with Crippen molar-refractivity contribution in [3.63, 3.8) is 0 Å². The number of carbonyl (C=O) groups is 1. The van der Waals surface area contributed by atoms with Crippen molar-refractivity contribution in [2.45, 2.75) is 12.5 Å². The summed E-state index contributed by atoms with van der Waals surface area (Å²) in [5, 5.41) is 9.00. The lowest BCUT2D eigenvalue weighted by molar-refractivity contribution is -0.139. The Morgan fingerprint density at radius 3 is 3.00 bits per heavy atom. The monoisotopic (exact) mass is 202 g/mol. The molecule has 1 fully saturated rings. The van der Waals surface area contributed by atoms with Crippen LogP contribution in [0.25, 0.3) is 0 Å². The smallest absolute Gasteiger partial charge is 0.338 e. The molecular weight excluding hydrogens is 192 g/mol. The first-order chi connectivity index (χ1) is 7.31. The molecule has 0 amide bonds. The third kappa shape index (κ3) is 1.03. The fraction of sp³-hybridized carbons (Fsp3) is 0.250. The number of benzene rings is 1. The average molecular weight is 202 g/mol. The first-order valence-corrected chi connectivity index (χ1v) is 4.94. The van der Waals surface area contributed by atoms with Crippen LogP contribution in [0.4, 0.5) is 0 Å². The van der Waals surface area contributed by atoms with Gasteiger partial charge in [-0.3, -0.25) is 0 Å². The van der Waals surface area contributed by atoms with Gasteiger partial charge in [-0.2, -0.15) is 0 Å². The highest BCUT2D eigenvalue weighted by Crippen LogP contribution is 2.47. The summed E-state index contributed by atoms with van der Waals surface area (Å²) in [7, 11) is 0. The van der Waals surface area contributed by atoms with E-state index in [0.717, 1.165) is 18.2 Å². The number of ether oxygens (including phenoxy) is 1. The lowest BCUT2D eigenvalue weighted by Crippen LogP contribution is -2.03. The predicted octanol–water partition coefficient (Wildman–Crippen LogP) is 1.90. The molecule has 1 aromatic rings. The molecule has 0 radical (unpaired) electrons. The zero-order valence-electron chi connectivity index (χ0n) is 8.01. The number of hydrogen-bond donors (Lipinski definition) is 1. The second kappa shape index (κ2) is 2.86. The van der Waals surface area contributed by atoms with Crippen molar-refractivity contribution in [1.82, 2.24) is 0 Å². The van der Waals surface area contributed by atoms with E-state index in [2.05, 4.69) is 0 Å². The normalized spacial score (nSPS) is 30.1. The van der Waals surface area contributed by atoms with Gasteiger partial charge in [-0.05, 0) is 17.5 Å². The number of carbonyl (C=O) groups excluding carboxylic acids is 1. The SMILES string of the molecule is O=C1O[C@@H]2c3ccccc3C[C@@H]2/C1=C\O. The molecule has 3 heteroatoms. The lowest BCUT2D eigenvalue weighted by atomic mass is 9.98. The van der Waals surface area contributed by atoms with Gasteiger partial charge in [-0.15, -0.1) is 0 Å². The van der Waals surface area contributed by atoms with E-state index in [1.54, 1.807) is 0 Å². The largest absolute Gasteiger partial charge is 0.515 e. The first-order valence-electron chi connectivity index (χ1n) is 4.94. The molecule has 0 bridgehead atoms. The molecule has 1 saturated heterocycles. The zero-order chi connectivity index (χ0) is 10.4. The summed E-state index contributed by atoms with van der Waals surface area (Å²) >= 11 is 0. The molecule has 0 aromatic heterocycles. The molecule has 1 aliphatic carbocycles. The van der Waals surface area contributed by atoms with Crippen LogP contribution in [0, 0.1) is 5.92 Å². The van der Waals surface area contributed by atoms with Crippen LogP contribution in [0.3, 0.4) is 0 Å². The Bertz CT molecular complexity index is 462. The quantitative estimate of drug-likeness (QED) is 0.397. The van der Waals surface area contributed by atoms with Crippen LogP contribution in [0.5, 0.6) is 0 Å². The lowest BCUT2D eigenvalue weighted by Gasteiger charge is -2.07. The first kappa shape index (κ1) is 8.53. The second-order valence-corrected chi connectivity index (χ2v) is 3.92. The Labute approximate surface area is 87.0 Å². The van der Waals surface area contributed by atoms with E-state index in [4.69, 9.17) is 9.84 Å². The summed E-state index contributed by atoms with van der Waals surface area (Å²) < 4.78 is 5.25. The van der Waals surface area contributed by atoms with Gasteiger partial charge in [0.2, 0.25) is 0 Å². The molecule has 76 valence electrons. The van der Waals surface area contributed by atoms with Crippen LogP contribution >= 0.6 is 0 Å². The maximum Gasteiger partial charge on any atom is 0.338 e. The highest BCUT2D eigenvalue weighted by molar-refractivity contribution is 5.91. The van der Waals surface area contributed by atoms with Gasteiger partial charge in [0.15, 0.2) is 0 Å². The van der Waals surface area contributed by atoms with Crippen LogP contribution in [-0.4, -0.2) is 11.1 Å². The van der Waals surface area contributed by atoms with Crippen LogP contribution in [0.2, 0.25) is 0 Å². The van der Waals surface area contributed by atoms with Crippen molar-refractivity contribution >= 4 is 5.97 Å². The molecule has 1 aromatic carbocycles. The van der Waals surface area contributed by atoms with Crippen molar-refractivity contribution in [2.24, 2.45) is 5.92 Å². The van der Waals surface area contributed by atoms with Gasteiger partial charge in [-0.25, -0.2) is 4.79 Å². The summed E-state index contributed by atoms with van der Waals surface area (Å²) in [6.45, 7) is 0. The molecule has 3 nitrogen and oxygen atoms in total. The molecule has 2 aliphatic rings. The summed E-state index contributed by atoms with van der Waals surface area (Å²) in [5.41, 5.74) is 2.68. The number of aliphatic hydroxyl groups excluding tert-OH is 1. The highest BCUT2D eigenvalue weighted by atomic mass is 16.6. The van der Waals surface area contributed by atoms with Gasteiger partial charge in [0.05, 0.1) is 11.8 Å². The Hall–Kier alpha value is -1.77. The summed E-state index contributed by atoms with van der Waals surface area (Å²) in [5.74, 6) is -0.387. The van der Waals surface area contributed by atoms with E-state index >= 15 is 0 Å². The number of fused-ring (bicyclic) bond motifs is 3. The van der Waals surface area contributed by atoms with Crippen molar-refractivity contribution in [3.05, 3.63) is 47.2 Å². The molecule has 1 N–H and O–H groups in total. The zero-order valence-corrected chi connectivity index (χ0v) is 8.01. The highest BCUT2D eigenvalue weighted by Gasteiger charge is 2.45. The fourth-order valence-electron chi connectivity index (χ4n) is 2.46. The van der Waals surface area contributed by atoms with Crippen LogP contribution < -0.4 is 0 Å². The minimum atomic E-state index is -0.387. The minimum absolute atomic E-state index is 0.0000926. The van der Waals surface area contributed by atoms with Gasteiger partial charge in [0, 0.05) is 5.92 Å². The standard InChI is InChI=1S/C12H10O3/c13-6-10-9-5-7-3-1-2-4-8(7)11(9)15-12(10)14/h1-4,6,9,11,13H,5H2/b10-6+/t9-,11-/m1/s1. The van der Waals surface area contributed by atoms with E-state index in [-0.39, 0.29) is 18.0 Å². The molecule has 15 heavy (non-hydrogen) atoms. The maximum atomic E-state index is 11.4. The number of rotatable bonds is 0. The Balaban J connectivity index is 2.08. The molecule has 1 aliphatic heterocycles. The van der Waals surface area contributed by atoms with Crippen molar-refractivity contribution in [1.29, 1.82) is 0 Å². The minimum Gasteiger partial charge on any atom is -0.515 e. The van der Waals surface area contributed by atoms with Gasteiger partial charge in [0.25, 0.3) is 0 Å². The number of esters is 1. The molecule has 0 unspecified atom stereocenters. The van der Waals surface area contributed by atoms with Crippen LogP contribution in [0.15, 0.2) is 36.1 Å². The third-order valence-electron chi connectivity index (χ3n) is 3.18. The molecule has 0 spiro atoms. The average Bonchev–Trinajstić information content (AvgIpc) is 2.72. The van der Waals surface area contributed by atoms with E-state index in [9.17, 15) is 4.79 Å². The number of hydrogen-bond acceptors (Lipinski definition) is 3. The number of aliphatic hydroxyl groups is 1. The van der Waals surface area contributed by atoms with Crippen molar-refractivity contribution in [2.75, 3.05) is 0 Å². The van der Waals surface area contributed by atoms with Crippen LogP contribution in [0.1, 0.15) is 17.2 Å². The van der Waals surface area contributed by atoms with E-state index in [1.807, 2.05) is 24.3 Å². The molecule has 1 heterocycles. The van der Waals surface area contributed by atoms with Crippen molar-refractivity contribution < 1.29 is 14.6 Å². The van der Waals surface area contributed by atoms with Gasteiger partial charge >= 0.3 is 5.97 Å². The Morgan fingerprint density at radius 1 is 1.40 bits per heavy atom. The summed E-state index contributed by atoms with van der Waals surface area (Å²) in [6.07, 6.45) is 1.48. The third-order valence-corrected chi connectivity index (χ3v) is 3.18. The van der Waals surface area contributed by atoms with Crippen molar-refractivity contribution in [3.8, 4) is 0 Å². The predicted molar refractivity (Wildman–Crippen MR) is 53.2 cm³/mol. The molecule has 2 atom stereocenters. The van der Waals surface area contributed by atoms with E-state index < -0.39 is 0 Å². The van der Waals surface area contributed by atoms with E-state index in [0.29, 0.717) is 5.57 Å². The van der Waals surface area contributed by atoms with Gasteiger partial charge < -0.3 is 9.84 Å². The van der Waals surface area contributed by atoms with Crippen LogP contribution in [-0.2, 0) is 16.0 Å².